The van der Waals surface area contributed by atoms with Crippen LogP contribution in [0.5, 0.6) is 0 Å². The molecule has 0 aliphatic heterocycles. The Hall–Kier alpha value is -2.88. The smallest absolute Gasteiger partial charge is 0.257 e. The lowest BCUT2D eigenvalue weighted by Crippen LogP contribution is -2.32. The number of nitrogens with one attached hydrogen (secondary N) is 1. The standard InChI is InChI=1S/C22H24N2O2/c1-13-10-15(3)18(11-14(13)2)16(4)23-22(26)19-12-24(5)20-9-7-6-8-17(20)21(19)25/h6-12,16H,1-5H3,(H,23,26). The van der Waals surface area contributed by atoms with Crippen LogP contribution >= 0.6 is 0 Å². The summed E-state index contributed by atoms with van der Waals surface area (Å²) in [7, 11) is 1.84. The number of para-hydroxylation sites is 1. The van der Waals surface area contributed by atoms with Gasteiger partial charge in [0.15, 0.2) is 0 Å². The van der Waals surface area contributed by atoms with E-state index in [1.807, 2.05) is 43.7 Å². The number of aryl methyl sites for hydroxylation is 4. The molecule has 1 N–H and O–H groups in total. The van der Waals surface area contributed by atoms with E-state index < -0.39 is 0 Å². The van der Waals surface area contributed by atoms with Crippen molar-refractivity contribution in [1.82, 2.24) is 9.88 Å². The normalized spacial score (nSPS) is 12.2. The van der Waals surface area contributed by atoms with Gasteiger partial charge in [-0.05, 0) is 62.1 Å². The first-order valence-electron chi connectivity index (χ1n) is 8.76. The summed E-state index contributed by atoms with van der Waals surface area (Å²) in [6, 6.07) is 11.4. The largest absolute Gasteiger partial charge is 0.350 e. The average Bonchev–Trinajstić information content (AvgIpc) is 2.61. The van der Waals surface area contributed by atoms with Crippen molar-refractivity contribution >= 4 is 16.8 Å². The van der Waals surface area contributed by atoms with Crippen LogP contribution in [0, 0.1) is 20.8 Å². The lowest BCUT2D eigenvalue weighted by Gasteiger charge is -2.19. The van der Waals surface area contributed by atoms with Crippen LogP contribution in [-0.4, -0.2) is 10.5 Å². The van der Waals surface area contributed by atoms with Gasteiger partial charge in [-0.3, -0.25) is 9.59 Å². The molecule has 1 heterocycles. The molecule has 0 aliphatic rings. The number of pyridine rings is 1. The molecule has 1 aromatic heterocycles. The third-order valence-electron chi connectivity index (χ3n) is 5.04. The topological polar surface area (TPSA) is 51.1 Å². The predicted molar refractivity (Wildman–Crippen MR) is 106 cm³/mol. The van der Waals surface area contributed by atoms with Gasteiger partial charge in [-0.25, -0.2) is 0 Å². The summed E-state index contributed by atoms with van der Waals surface area (Å²) in [5, 5.41) is 3.53. The fraction of sp³-hybridized carbons (Fsp3) is 0.273. The lowest BCUT2D eigenvalue weighted by molar-refractivity contribution is 0.0938. The van der Waals surface area contributed by atoms with Crippen molar-refractivity contribution in [3.63, 3.8) is 0 Å². The molecule has 4 heteroatoms. The molecule has 134 valence electrons. The van der Waals surface area contributed by atoms with Gasteiger partial charge < -0.3 is 9.88 Å². The quantitative estimate of drug-likeness (QED) is 0.779. The van der Waals surface area contributed by atoms with Gasteiger partial charge in [0.1, 0.15) is 5.56 Å². The molecular formula is C22H24N2O2. The van der Waals surface area contributed by atoms with Crippen LogP contribution in [0.3, 0.4) is 0 Å². The summed E-state index contributed by atoms with van der Waals surface area (Å²) in [6.07, 6.45) is 1.61. The van der Waals surface area contributed by atoms with Gasteiger partial charge in [0.05, 0.1) is 11.6 Å². The number of fused-ring (bicyclic) bond motifs is 1. The molecule has 0 aliphatic carbocycles. The van der Waals surface area contributed by atoms with Crippen molar-refractivity contribution < 1.29 is 4.79 Å². The van der Waals surface area contributed by atoms with Crippen LogP contribution in [-0.2, 0) is 7.05 Å². The molecule has 26 heavy (non-hydrogen) atoms. The highest BCUT2D eigenvalue weighted by Gasteiger charge is 2.18. The van der Waals surface area contributed by atoms with Gasteiger partial charge in [-0.2, -0.15) is 0 Å². The van der Waals surface area contributed by atoms with Crippen LogP contribution in [0.25, 0.3) is 10.9 Å². The Morgan fingerprint density at radius 1 is 1.04 bits per heavy atom. The van der Waals surface area contributed by atoms with Crippen molar-refractivity contribution in [2.75, 3.05) is 0 Å². The van der Waals surface area contributed by atoms with Crippen LogP contribution < -0.4 is 10.7 Å². The Kier molecular flexibility index (Phi) is 4.68. The maximum Gasteiger partial charge on any atom is 0.257 e. The molecule has 1 unspecified atom stereocenters. The summed E-state index contributed by atoms with van der Waals surface area (Å²) in [5.74, 6) is -0.346. The van der Waals surface area contributed by atoms with Gasteiger partial charge in [0.25, 0.3) is 5.91 Å². The molecule has 0 saturated carbocycles. The molecule has 3 aromatic rings. The van der Waals surface area contributed by atoms with Crippen LogP contribution in [0.15, 0.2) is 47.4 Å². The summed E-state index contributed by atoms with van der Waals surface area (Å²) in [4.78, 5) is 25.5. The lowest BCUT2D eigenvalue weighted by atomic mass is 9.96. The third-order valence-corrected chi connectivity index (χ3v) is 5.04. The maximum absolute atomic E-state index is 12.8. The van der Waals surface area contributed by atoms with Crippen molar-refractivity contribution in [2.45, 2.75) is 33.7 Å². The minimum Gasteiger partial charge on any atom is -0.350 e. The monoisotopic (exact) mass is 348 g/mol. The molecule has 0 spiro atoms. The first kappa shape index (κ1) is 17.9. The van der Waals surface area contributed by atoms with Crippen molar-refractivity contribution in [2.24, 2.45) is 7.05 Å². The molecule has 3 rings (SSSR count). The summed E-state index contributed by atoms with van der Waals surface area (Å²) >= 11 is 0. The molecule has 0 bridgehead atoms. The van der Waals surface area contributed by atoms with Crippen molar-refractivity contribution in [3.05, 3.63) is 80.6 Å². The SMILES string of the molecule is Cc1cc(C)c(C(C)NC(=O)c2cn(C)c3ccccc3c2=O)cc1C. The highest BCUT2D eigenvalue weighted by molar-refractivity contribution is 5.97. The van der Waals surface area contributed by atoms with Crippen molar-refractivity contribution in [1.29, 1.82) is 0 Å². The minimum absolute atomic E-state index is 0.166. The average molecular weight is 348 g/mol. The number of nitrogens with zero attached hydrogens (tertiary/aromatic N) is 1. The molecule has 1 amide bonds. The Bertz CT molecular complexity index is 1060. The van der Waals surface area contributed by atoms with Gasteiger partial charge in [0, 0.05) is 18.6 Å². The van der Waals surface area contributed by atoms with Gasteiger partial charge in [-0.15, -0.1) is 0 Å². The van der Waals surface area contributed by atoms with E-state index in [0.29, 0.717) is 5.39 Å². The Morgan fingerprint density at radius 3 is 2.42 bits per heavy atom. The van der Waals surface area contributed by atoms with E-state index in [1.54, 1.807) is 12.3 Å². The first-order valence-corrected chi connectivity index (χ1v) is 8.76. The van der Waals surface area contributed by atoms with Crippen molar-refractivity contribution in [3.8, 4) is 0 Å². The molecule has 0 fully saturated rings. The number of rotatable bonds is 3. The number of aromatic nitrogens is 1. The number of benzene rings is 2. The fourth-order valence-electron chi connectivity index (χ4n) is 3.40. The summed E-state index contributed by atoms with van der Waals surface area (Å²) < 4.78 is 1.82. The zero-order chi connectivity index (χ0) is 19.0. The predicted octanol–water partition coefficient (Wildman–Crippen LogP) is 3.95. The van der Waals surface area contributed by atoms with Gasteiger partial charge in [-0.1, -0.05) is 24.3 Å². The van der Waals surface area contributed by atoms with E-state index in [0.717, 1.165) is 16.6 Å². The van der Waals surface area contributed by atoms with E-state index in [-0.39, 0.29) is 22.9 Å². The van der Waals surface area contributed by atoms with E-state index in [1.165, 1.54) is 11.1 Å². The first-order chi connectivity index (χ1) is 12.3. The fourth-order valence-corrected chi connectivity index (χ4v) is 3.40. The highest BCUT2D eigenvalue weighted by atomic mass is 16.2. The van der Waals surface area contributed by atoms with E-state index in [2.05, 4.69) is 31.3 Å². The van der Waals surface area contributed by atoms with Gasteiger partial charge in [0.2, 0.25) is 5.43 Å². The second-order valence-corrected chi connectivity index (χ2v) is 6.99. The third kappa shape index (κ3) is 3.15. The number of hydrogen-bond donors (Lipinski definition) is 1. The molecule has 0 radical (unpaired) electrons. The summed E-state index contributed by atoms with van der Waals surface area (Å²) in [6.45, 7) is 8.13. The number of carbonyl (C=O) groups is 1. The zero-order valence-electron chi connectivity index (χ0n) is 15.9. The Balaban J connectivity index is 1.96. The molecular weight excluding hydrogens is 324 g/mol. The Labute approximate surface area is 153 Å². The number of amides is 1. The maximum atomic E-state index is 12.8. The molecule has 0 saturated heterocycles. The van der Waals surface area contributed by atoms with Crippen LogP contribution in [0.2, 0.25) is 0 Å². The number of carbonyl (C=O) groups excluding carboxylic acids is 1. The van der Waals surface area contributed by atoms with Gasteiger partial charge >= 0.3 is 0 Å². The number of hydrogen-bond acceptors (Lipinski definition) is 2. The summed E-state index contributed by atoms with van der Waals surface area (Å²) in [5.41, 5.74) is 5.36. The van der Waals surface area contributed by atoms with Crippen LogP contribution in [0.4, 0.5) is 0 Å². The minimum atomic E-state index is -0.346. The molecule has 2 aromatic carbocycles. The highest BCUT2D eigenvalue weighted by Crippen LogP contribution is 2.22. The second-order valence-electron chi connectivity index (χ2n) is 6.99. The van der Waals surface area contributed by atoms with E-state index >= 15 is 0 Å². The second kappa shape index (κ2) is 6.79. The van der Waals surface area contributed by atoms with E-state index in [4.69, 9.17) is 0 Å². The van der Waals surface area contributed by atoms with E-state index in [9.17, 15) is 9.59 Å². The zero-order valence-corrected chi connectivity index (χ0v) is 15.9. The molecule has 4 nitrogen and oxygen atoms in total. The van der Waals surface area contributed by atoms with Crippen LogP contribution in [0.1, 0.15) is 45.6 Å². The molecule has 1 atom stereocenters. The Morgan fingerprint density at radius 2 is 1.69 bits per heavy atom.